The Kier molecular flexibility index (Phi) is 4.02. The van der Waals surface area contributed by atoms with E-state index in [0.29, 0.717) is 13.1 Å². The smallest absolute Gasteiger partial charge is 0.410 e. The molecule has 2 rings (SSSR count). The molecule has 2 heterocycles. The van der Waals surface area contributed by atoms with Crippen LogP contribution in [-0.4, -0.2) is 53.6 Å². The van der Waals surface area contributed by atoms with Crippen molar-refractivity contribution in [1.82, 2.24) is 9.80 Å². The summed E-state index contributed by atoms with van der Waals surface area (Å²) in [6.07, 6.45) is 2.67. The minimum absolute atomic E-state index is 0.0365. The molecule has 5 nitrogen and oxygen atoms in total. The highest BCUT2D eigenvalue weighted by Gasteiger charge is 2.35. The zero-order valence-electron chi connectivity index (χ0n) is 12.1. The van der Waals surface area contributed by atoms with E-state index in [2.05, 4.69) is 0 Å². The van der Waals surface area contributed by atoms with E-state index in [0.717, 1.165) is 32.4 Å². The van der Waals surface area contributed by atoms with Crippen molar-refractivity contribution < 1.29 is 14.3 Å². The van der Waals surface area contributed by atoms with Crippen LogP contribution in [0.25, 0.3) is 0 Å². The molecule has 2 aliphatic rings. The van der Waals surface area contributed by atoms with Gasteiger partial charge in [-0.15, -0.1) is 0 Å². The Hall–Kier alpha value is -1.26. The Morgan fingerprint density at radius 3 is 2.26 bits per heavy atom. The van der Waals surface area contributed by atoms with Crippen LogP contribution in [-0.2, 0) is 9.53 Å². The van der Waals surface area contributed by atoms with Crippen molar-refractivity contribution in [3.8, 4) is 0 Å². The van der Waals surface area contributed by atoms with E-state index >= 15 is 0 Å². The van der Waals surface area contributed by atoms with Gasteiger partial charge in [-0.25, -0.2) is 4.79 Å². The minimum Gasteiger partial charge on any atom is -0.444 e. The van der Waals surface area contributed by atoms with Crippen LogP contribution in [0.2, 0.25) is 0 Å². The van der Waals surface area contributed by atoms with E-state index in [9.17, 15) is 9.59 Å². The molecule has 0 N–H and O–H groups in total. The highest BCUT2D eigenvalue weighted by molar-refractivity contribution is 5.81. The largest absolute Gasteiger partial charge is 0.444 e. The second-order valence-corrected chi connectivity index (χ2v) is 6.44. The molecule has 2 saturated heterocycles. The molecule has 0 radical (unpaired) electrons. The summed E-state index contributed by atoms with van der Waals surface area (Å²) in [6.45, 7) is 8.45. The van der Waals surface area contributed by atoms with Crippen molar-refractivity contribution in [1.29, 1.82) is 0 Å². The number of carbonyl (C=O) groups is 2. The van der Waals surface area contributed by atoms with Crippen LogP contribution in [0.1, 0.15) is 40.0 Å². The van der Waals surface area contributed by atoms with Crippen LogP contribution in [0.3, 0.4) is 0 Å². The van der Waals surface area contributed by atoms with Gasteiger partial charge in [-0.05, 0) is 40.0 Å². The van der Waals surface area contributed by atoms with E-state index in [1.54, 1.807) is 4.90 Å². The lowest BCUT2D eigenvalue weighted by molar-refractivity contribution is -0.133. The van der Waals surface area contributed by atoms with Gasteiger partial charge in [-0.2, -0.15) is 0 Å². The van der Waals surface area contributed by atoms with E-state index < -0.39 is 5.60 Å². The fraction of sp³-hybridized carbons (Fsp3) is 0.857. The Labute approximate surface area is 114 Å². The minimum atomic E-state index is -0.478. The molecule has 0 aliphatic carbocycles. The van der Waals surface area contributed by atoms with Gasteiger partial charge in [0.05, 0.1) is 5.92 Å². The summed E-state index contributed by atoms with van der Waals surface area (Å²) < 4.78 is 5.34. The summed E-state index contributed by atoms with van der Waals surface area (Å²) >= 11 is 0. The van der Waals surface area contributed by atoms with Crippen molar-refractivity contribution in [2.45, 2.75) is 45.6 Å². The zero-order valence-corrected chi connectivity index (χ0v) is 12.1. The summed E-state index contributed by atoms with van der Waals surface area (Å²) in [6, 6.07) is 0. The molecule has 19 heavy (non-hydrogen) atoms. The number of hydrogen-bond acceptors (Lipinski definition) is 3. The maximum Gasteiger partial charge on any atom is 0.410 e. The molecular weight excluding hydrogens is 244 g/mol. The molecule has 0 aromatic rings. The Balaban J connectivity index is 1.85. The first-order valence-electron chi connectivity index (χ1n) is 7.13. The summed E-state index contributed by atoms with van der Waals surface area (Å²) in [4.78, 5) is 27.8. The molecule has 0 aromatic carbocycles. The van der Waals surface area contributed by atoms with Crippen molar-refractivity contribution in [2.24, 2.45) is 5.92 Å². The number of amides is 2. The molecule has 0 bridgehead atoms. The second-order valence-electron chi connectivity index (χ2n) is 6.44. The monoisotopic (exact) mass is 268 g/mol. The molecule has 0 aromatic heterocycles. The molecule has 108 valence electrons. The van der Waals surface area contributed by atoms with E-state index in [4.69, 9.17) is 4.74 Å². The first kappa shape index (κ1) is 14.2. The van der Waals surface area contributed by atoms with Crippen LogP contribution in [0.5, 0.6) is 0 Å². The average Bonchev–Trinajstić information content (AvgIpc) is 2.98. The van der Waals surface area contributed by atoms with Crippen LogP contribution < -0.4 is 0 Å². The average molecular weight is 268 g/mol. The number of ether oxygens (including phenoxy) is 1. The number of likely N-dealkylation sites (tertiary alicyclic amines) is 2. The van der Waals surface area contributed by atoms with Gasteiger partial charge in [0, 0.05) is 26.2 Å². The lowest BCUT2D eigenvalue weighted by Crippen LogP contribution is -2.38. The van der Waals surface area contributed by atoms with Crippen molar-refractivity contribution in [3.05, 3.63) is 0 Å². The normalized spacial score (nSPS) is 23.8. The topological polar surface area (TPSA) is 49.9 Å². The molecule has 0 spiro atoms. The summed E-state index contributed by atoms with van der Waals surface area (Å²) in [7, 11) is 0. The van der Waals surface area contributed by atoms with Crippen molar-refractivity contribution >= 4 is 12.0 Å². The summed E-state index contributed by atoms with van der Waals surface area (Å²) in [5.74, 6) is 0.175. The fourth-order valence-electron chi connectivity index (χ4n) is 2.65. The van der Waals surface area contributed by atoms with Gasteiger partial charge in [0.1, 0.15) is 5.60 Å². The van der Waals surface area contributed by atoms with Gasteiger partial charge in [0.25, 0.3) is 0 Å². The van der Waals surface area contributed by atoms with Gasteiger partial charge in [-0.1, -0.05) is 0 Å². The highest BCUT2D eigenvalue weighted by Crippen LogP contribution is 2.23. The van der Waals surface area contributed by atoms with Gasteiger partial charge in [0.2, 0.25) is 5.91 Å². The van der Waals surface area contributed by atoms with E-state index in [1.807, 2.05) is 25.7 Å². The molecule has 1 unspecified atom stereocenters. The summed E-state index contributed by atoms with van der Waals surface area (Å²) in [5.41, 5.74) is -0.478. The molecule has 2 amide bonds. The lowest BCUT2D eigenvalue weighted by atomic mass is 10.1. The van der Waals surface area contributed by atoms with E-state index in [-0.39, 0.29) is 17.9 Å². The summed E-state index contributed by atoms with van der Waals surface area (Å²) in [5, 5.41) is 0. The Bertz CT molecular complexity index is 356. The van der Waals surface area contributed by atoms with Gasteiger partial charge in [-0.3, -0.25) is 4.79 Å². The molecular formula is C14H24N2O3. The van der Waals surface area contributed by atoms with Gasteiger partial charge < -0.3 is 14.5 Å². The zero-order chi connectivity index (χ0) is 14.0. The standard InChI is InChI=1S/C14H24N2O3/c1-14(2,3)19-13(18)16-9-6-11(10-16)12(17)15-7-4-5-8-15/h11H,4-10H2,1-3H3. The third kappa shape index (κ3) is 3.61. The third-order valence-corrected chi connectivity index (χ3v) is 3.61. The Morgan fingerprint density at radius 1 is 1.05 bits per heavy atom. The number of hydrogen-bond donors (Lipinski definition) is 0. The molecule has 5 heteroatoms. The maximum atomic E-state index is 12.2. The van der Waals surface area contributed by atoms with Crippen molar-refractivity contribution in [2.75, 3.05) is 26.2 Å². The SMILES string of the molecule is CC(C)(C)OC(=O)N1CCC(C(=O)N2CCCC2)C1. The predicted octanol–water partition coefficient (Wildman–Crippen LogP) is 1.87. The quantitative estimate of drug-likeness (QED) is 0.729. The second kappa shape index (κ2) is 5.39. The van der Waals surface area contributed by atoms with Gasteiger partial charge in [0.15, 0.2) is 0 Å². The van der Waals surface area contributed by atoms with Crippen LogP contribution in [0.4, 0.5) is 4.79 Å². The molecule has 2 fully saturated rings. The lowest BCUT2D eigenvalue weighted by Gasteiger charge is -2.25. The van der Waals surface area contributed by atoms with E-state index in [1.165, 1.54) is 0 Å². The first-order chi connectivity index (χ1) is 8.87. The molecule has 2 aliphatic heterocycles. The highest BCUT2D eigenvalue weighted by atomic mass is 16.6. The predicted molar refractivity (Wildman–Crippen MR) is 71.7 cm³/mol. The molecule has 1 atom stereocenters. The first-order valence-corrected chi connectivity index (χ1v) is 7.13. The van der Waals surface area contributed by atoms with Crippen molar-refractivity contribution in [3.63, 3.8) is 0 Å². The number of carbonyl (C=O) groups excluding carboxylic acids is 2. The Morgan fingerprint density at radius 2 is 1.68 bits per heavy atom. The molecule has 0 saturated carbocycles. The van der Waals surface area contributed by atoms with Crippen LogP contribution in [0.15, 0.2) is 0 Å². The number of nitrogens with zero attached hydrogens (tertiary/aromatic N) is 2. The van der Waals surface area contributed by atoms with Gasteiger partial charge >= 0.3 is 6.09 Å². The third-order valence-electron chi connectivity index (χ3n) is 3.61. The maximum absolute atomic E-state index is 12.2. The van der Waals surface area contributed by atoms with Crippen LogP contribution >= 0.6 is 0 Å². The fourth-order valence-corrected chi connectivity index (χ4v) is 2.65. The van der Waals surface area contributed by atoms with Crippen LogP contribution in [0, 0.1) is 5.92 Å². The number of rotatable bonds is 1.